The molecule has 2 aromatic carbocycles. The molecule has 1 heterocycles. The van der Waals surface area contributed by atoms with Gasteiger partial charge in [0.15, 0.2) is 11.7 Å². The van der Waals surface area contributed by atoms with Gasteiger partial charge in [0.2, 0.25) is 0 Å². The van der Waals surface area contributed by atoms with Gasteiger partial charge in [-0.1, -0.05) is 12.1 Å². The number of carbonyl (C=O) groups excluding carboxylic acids is 1. The molecule has 0 amide bonds. The van der Waals surface area contributed by atoms with Gasteiger partial charge in [0, 0.05) is 16.5 Å². The van der Waals surface area contributed by atoms with E-state index in [4.69, 9.17) is 4.74 Å². The zero-order valence-electron chi connectivity index (χ0n) is 14.8. The van der Waals surface area contributed by atoms with Gasteiger partial charge in [-0.3, -0.25) is 4.79 Å². The van der Waals surface area contributed by atoms with Crippen molar-refractivity contribution in [2.45, 2.75) is 19.8 Å². The van der Waals surface area contributed by atoms with E-state index in [2.05, 4.69) is 11.1 Å². The Kier molecular flexibility index (Phi) is 5.15. The Morgan fingerprint density at radius 1 is 1.15 bits per heavy atom. The van der Waals surface area contributed by atoms with Crippen LogP contribution < -0.4 is 4.74 Å². The Labute approximate surface area is 156 Å². The summed E-state index contributed by atoms with van der Waals surface area (Å²) in [5.41, 5.74) is 4.36. The Morgan fingerprint density at radius 3 is 2.50 bits per heavy atom. The molecule has 0 aliphatic heterocycles. The molecule has 0 aliphatic rings. The van der Waals surface area contributed by atoms with Crippen LogP contribution >= 0.6 is 11.3 Å². The molecule has 0 aliphatic carbocycles. The van der Waals surface area contributed by atoms with Gasteiger partial charge >= 0.3 is 0 Å². The number of carbonyl (C=O) groups is 1. The van der Waals surface area contributed by atoms with E-state index in [0.29, 0.717) is 10.6 Å². The van der Waals surface area contributed by atoms with E-state index in [0.717, 1.165) is 28.1 Å². The van der Waals surface area contributed by atoms with Crippen molar-refractivity contribution in [3.8, 4) is 23.1 Å². The van der Waals surface area contributed by atoms with Crippen LogP contribution in [0.3, 0.4) is 0 Å². The van der Waals surface area contributed by atoms with Gasteiger partial charge in [-0.25, -0.2) is 4.98 Å². The molecule has 0 spiro atoms. The summed E-state index contributed by atoms with van der Waals surface area (Å²) in [5, 5.41) is 11.9. The predicted molar refractivity (Wildman–Crippen MR) is 103 cm³/mol. The molecule has 0 N–H and O–H groups in total. The minimum absolute atomic E-state index is 0.216. The maximum absolute atomic E-state index is 12.8. The lowest BCUT2D eigenvalue weighted by atomic mass is 9.96. The molecule has 3 rings (SSSR count). The van der Waals surface area contributed by atoms with Crippen molar-refractivity contribution >= 4 is 17.1 Å². The van der Waals surface area contributed by atoms with Crippen LogP contribution in [0.5, 0.6) is 5.75 Å². The van der Waals surface area contributed by atoms with E-state index >= 15 is 0 Å². The average molecular weight is 362 g/mol. The fraction of sp³-hybridized carbons (Fsp3) is 0.190. The number of rotatable bonds is 5. The van der Waals surface area contributed by atoms with Gasteiger partial charge < -0.3 is 4.74 Å². The standard InChI is InChI=1S/C21H18N2O2S/c1-13-4-5-16(10-14(13)2)20(24)18(11-22)21-23-19(12-26-21)15-6-8-17(25-3)9-7-15/h4-10,12,18H,1-3H3. The number of hydrogen-bond donors (Lipinski definition) is 0. The monoisotopic (exact) mass is 362 g/mol. The second kappa shape index (κ2) is 7.51. The molecule has 3 aromatic rings. The van der Waals surface area contributed by atoms with Gasteiger partial charge in [-0.05, 0) is 55.3 Å². The van der Waals surface area contributed by atoms with Gasteiger partial charge in [-0.2, -0.15) is 5.26 Å². The quantitative estimate of drug-likeness (QED) is 0.604. The van der Waals surface area contributed by atoms with Gasteiger partial charge in [0.05, 0.1) is 18.9 Å². The van der Waals surface area contributed by atoms with Crippen molar-refractivity contribution in [2.75, 3.05) is 7.11 Å². The first kappa shape index (κ1) is 17.8. The Hall–Kier alpha value is -2.97. The van der Waals surface area contributed by atoms with Gasteiger partial charge in [-0.15, -0.1) is 11.3 Å². The summed E-state index contributed by atoms with van der Waals surface area (Å²) in [5.74, 6) is -0.343. The molecule has 0 saturated heterocycles. The summed E-state index contributed by atoms with van der Waals surface area (Å²) in [6.07, 6.45) is 0. The summed E-state index contributed by atoms with van der Waals surface area (Å²) < 4.78 is 5.16. The molecule has 0 radical (unpaired) electrons. The third-order valence-corrected chi connectivity index (χ3v) is 5.25. The van der Waals surface area contributed by atoms with Crippen LogP contribution in [0.15, 0.2) is 47.8 Å². The number of nitrogens with zero attached hydrogens (tertiary/aromatic N) is 2. The highest BCUT2D eigenvalue weighted by Crippen LogP contribution is 2.29. The van der Waals surface area contributed by atoms with Crippen molar-refractivity contribution in [1.82, 2.24) is 4.98 Å². The number of hydrogen-bond acceptors (Lipinski definition) is 5. The molecular weight excluding hydrogens is 344 g/mol. The third kappa shape index (κ3) is 3.51. The van der Waals surface area contributed by atoms with Crippen molar-refractivity contribution in [3.05, 3.63) is 69.5 Å². The van der Waals surface area contributed by atoms with Crippen LogP contribution in [0.25, 0.3) is 11.3 Å². The second-order valence-corrected chi connectivity index (χ2v) is 6.91. The van der Waals surface area contributed by atoms with E-state index in [1.807, 2.05) is 55.6 Å². The highest BCUT2D eigenvalue weighted by molar-refractivity contribution is 7.10. The number of Topliss-reactive ketones (excluding diaryl/α,β-unsaturated/α-hetero) is 1. The summed E-state index contributed by atoms with van der Waals surface area (Å²) in [7, 11) is 1.62. The lowest BCUT2D eigenvalue weighted by molar-refractivity contribution is 0.0978. The number of ether oxygens (including phenoxy) is 1. The molecule has 1 unspecified atom stereocenters. The zero-order valence-corrected chi connectivity index (χ0v) is 15.6. The molecule has 4 nitrogen and oxygen atoms in total. The SMILES string of the molecule is COc1ccc(-c2csc(C(C#N)C(=O)c3ccc(C)c(C)c3)n2)cc1. The molecule has 1 aromatic heterocycles. The number of thiazole rings is 1. The van der Waals surface area contributed by atoms with Crippen LogP contribution in [0.2, 0.25) is 0 Å². The second-order valence-electron chi connectivity index (χ2n) is 6.02. The van der Waals surface area contributed by atoms with Gasteiger partial charge in [0.25, 0.3) is 0 Å². The fourth-order valence-corrected chi connectivity index (χ4v) is 3.47. The largest absolute Gasteiger partial charge is 0.497 e. The number of nitriles is 1. The molecule has 5 heteroatoms. The van der Waals surface area contributed by atoms with Crippen molar-refractivity contribution < 1.29 is 9.53 Å². The fourth-order valence-electron chi connectivity index (χ4n) is 2.60. The molecule has 1 atom stereocenters. The maximum Gasteiger partial charge on any atom is 0.186 e. The minimum atomic E-state index is -0.894. The van der Waals surface area contributed by atoms with E-state index in [1.165, 1.54) is 11.3 Å². The number of aromatic nitrogens is 1. The average Bonchev–Trinajstić information content (AvgIpc) is 3.14. The highest BCUT2D eigenvalue weighted by Gasteiger charge is 2.25. The van der Waals surface area contributed by atoms with E-state index in [-0.39, 0.29) is 5.78 Å². The molecule has 130 valence electrons. The number of benzene rings is 2. The molecule has 0 saturated carbocycles. The zero-order chi connectivity index (χ0) is 18.7. The van der Waals surface area contributed by atoms with E-state index in [9.17, 15) is 10.1 Å². The molecule has 0 bridgehead atoms. The van der Waals surface area contributed by atoms with Crippen LogP contribution in [-0.4, -0.2) is 17.9 Å². The normalized spacial score (nSPS) is 11.6. The van der Waals surface area contributed by atoms with E-state index < -0.39 is 5.92 Å². The maximum atomic E-state index is 12.8. The van der Waals surface area contributed by atoms with Crippen LogP contribution in [0.4, 0.5) is 0 Å². The van der Waals surface area contributed by atoms with Crippen LogP contribution in [0, 0.1) is 25.2 Å². The van der Waals surface area contributed by atoms with Crippen LogP contribution in [-0.2, 0) is 0 Å². The van der Waals surface area contributed by atoms with Gasteiger partial charge in [0.1, 0.15) is 10.8 Å². The predicted octanol–water partition coefficient (Wildman–Crippen LogP) is 4.93. The topological polar surface area (TPSA) is 63.0 Å². The molecule has 0 fully saturated rings. The van der Waals surface area contributed by atoms with Crippen molar-refractivity contribution in [1.29, 1.82) is 5.26 Å². The third-order valence-electron chi connectivity index (χ3n) is 4.34. The summed E-state index contributed by atoms with van der Waals surface area (Å²) in [6, 6.07) is 15.1. The molecule has 26 heavy (non-hydrogen) atoms. The first-order valence-electron chi connectivity index (χ1n) is 8.14. The van der Waals surface area contributed by atoms with E-state index in [1.54, 1.807) is 13.2 Å². The highest BCUT2D eigenvalue weighted by atomic mass is 32.1. The lowest BCUT2D eigenvalue weighted by Gasteiger charge is -2.07. The first-order valence-corrected chi connectivity index (χ1v) is 9.02. The first-order chi connectivity index (χ1) is 12.5. The summed E-state index contributed by atoms with van der Waals surface area (Å²) in [6.45, 7) is 3.95. The minimum Gasteiger partial charge on any atom is -0.497 e. The number of aryl methyl sites for hydroxylation is 2. The van der Waals surface area contributed by atoms with Crippen molar-refractivity contribution in [3.63, 3.8) is 0 Å². The Balaban J connectivity index is 1.89. The number of ketones is 1. The van der Waals surface area contributed by atoms with Crippen molar-refractivity contribution in [2.24, 2.45) is 0 Å². The lowest BCUT2D eigenvalue weighted by Crippen LogP contribution is -2.11. The summed E-state index contributed by atoms with van der Waals surface area (Å²) in [4.78, 5) is 17.3. The molecular formula is C21H18N2O2S. The summed E-state index contributed by atoms with van der Waals surface area (Å²) >= 11 is 1.33. The Bertz CT molecular complexity index is 984. The Morgan fingerprint density at radius 2 is 1.88 bits per heavy atom. The number of methoxy groups -OCH3 is 1. The van der Waals surface area contributed by atoms with Crippen LogP contribution in [0.1, 0.15) is 32.4 Å². The smallest absolute Gasteiger partial charge is 0.186 e.